The van der Waals surface area contributed by atoms with Crippen molar-refractivity contribution in [2.75, 3.05) is 0 Å². The molecule has 138 valence electrons. The van der Waals surface area contributed by atoms with Crippen molar-refractivity contribution in [1.29, 1.82) is 0 Å². The first-order valence-electron chi connectivity index (χ1n) is 9.12. The van der Waals surface area contributed by atoms with Gasteiger partial charge in [0.15, 0.2) is 6.10 Å². The van der Waals surface area contributed by atoms with E-state index in [0.29, 0.717) is 11.6 Å². The van der Waals surface area contributed by atoms with Crippen LogP contribution in [0.15, 0.2) is 59.3 Å². The lowest BCUT2D eigenvalue weighted by atomic mass is 9.87. The van der Waals surface area contributed by atoms with Crippen LogP contribution >= 0.6 is 0 Å². The molecule has 0 unspecified atom stereocenters. The second kappa shape index (κ2) is 7.61. The average Bonchev–Trinajstić information content (AvgIpc) is 3.23. The van der Waals surface area contributed by atoms with E-state index in [1.54, 1.807) is 19.1 Å². The van der Waals surface area contributed by atoms with Crippen molar-refractivity contribution >= 4 is 5.91 Å². The number of hydrogen-bond donors (Lipinski definition) is 1. The predicted octanol–water partition coefficient (Wildman–Crippen LogP) is 3.70. The number of aromatic nitrogens is 2. The van der Waals surface area contributed by atoms with Crippen LogP contribution in [-0.2, 0) is 11.2 Å². The van der Waals surface area contributed by atoms with E-state index in [1.807, 2.05) is 24.3 Å². The Labute approximate surface area is 157 Å². The monoisotopic (exact) mass is 363 g/mol. The van der Waals surface area contributed by atoms with E-state index >= 15 is 0 Å². The minimum atomic E-state index is -0.589. The van der Waals surface area contributed by atoms with Crippen molar-refractivity contribution in [2.45, 2.75) is 38.3 Å². The summed E-state index contributed by atoms with van der Waals surface area (Å²) < 4.78 is 11.0. The van der Waals surface area contributed by atoms with Gasteiger partial charge in [-0.05, 0) is 61.6 Å². The van der Waals surface area contributed by atoms with Crippen molar-refractivity contribution in [3.63, 3.8) is 0 Å². The maximum atomic E-state index is 12.6. The van der Waals surface area contributed by atoms with E-state index < -0.39 is 6.10 Å². The van der Waals surface area contributed by atoms with Gasteiger partial charge in [0.1, 0.15) is 5.75 Å². The molecule has 1 aliphatic rings. The summed E-state index contributed by atoms with van der Waals surface area (Å²) in [7, 11) is 0. The number of amides is 1. The highest BCUT2D eigenvalue weighted by molar-refractivity contribution is 5.81. The maximum absolute atomic E-state index is 12.6. The van der Waals surface area contributed by atoms with Crippen LogP contribution in [0, 0.1) is 0 Å². The first kappa shape index (κ1) is 17.3. The number of carbonyl (C=O) groups is 1. The molecule has 6 nitrogen and oxygen atoms in total. The molecule has 0 saturated heterocycles. The third-order valence-corrected chi connectivity index (χ3v) is 4.83. The standard InChI is InChI=1S/C21H21N3O3/c1-14(27-17-11-9-16(10-12-17)21-24-22-13-26-21)20(25)23-19-8-4-6-15-5-2-3-7-18(15)19/h2-3,5,7,9-14,19H,4,6,8H2,1H3,(H,23,25)/t14-,19+/m1/s1. The van der Waals surface area contributed by atoms with Gasteiger partial charge in [0.2, 0.25) is 12.3 Å². The molecule has 2 aromatic carbocycles. The first-order valence-corrected chi connectivity index (χ1v) is 9.12. The number of nitrogens with one attached hydrogen (secondary N) is 1. The first-order chi connectivity index (χ1) is 13.2. The van der Waals surface area contributed by atoms with E-state index in [2.05, 4.69) is 27.6 Å². The molecule has 0 aliphatic heterocycles. The second-order valence-electron chi connectivity index (χ2n) is 6.68. The molecule has 1 amide bonds. The summed E-state index contributed by atoms with van der Waals surface area (Å²) in [6.45, 7) is 1.76. The van der Waals surface area contributed by atoms with Crippen LogP contribution in [0.4, 0.5) is 0 Å². The molecule has 4 rings (SSSR count). The molecule has 0 fully saturated rings. The summed E-state index contributed by atoms with van der Waals surface area (Å²) >= 11 is 0. The highest BCUT2D eigenvalue weighted by Gasteiger charge is 2.24. The number of fused-ring (bicyclic) bond motifs is 1. The quantitative estimate of drug-likeness (QED) is 0.748. The lowest BCUT2D eigenvalue weighted by molar-refractivity contribution is -0.128. The fraction of sp³-hybridized carbons (Fsp3) is 0.286. The zero-order valence-corrected chi connectivity index (χ0v) is 15.1. The molecule has 0 bridgehead atoms. The normalized spacial score (nSPS) is 17.0. The van der Waals surface area contributed by atoms with E-state index in [-0.39, 0.29) is 11.9 Å². The fourth-order valence-corrected chi connectivity index (χ4v) is 3.43. The Kier molecular flexibility index (Phi) is 4.87. The number of hydrogen-bond acceptors (Lipinski definition) is 5. The number of rotatable bonds is 5. The van der Waals surface area contributed by atoms with Crippen LogP contribution in [0.5, 0.6) is 5.75 Å². The Morgan fingerprint density at radius 3 is 2.81 bits per heavy atom. The smallest absolute Gasteiger partial charge is 0.261 e. The minimum absolute atomic E-state index is 0.0494. The Morgan fingerprint density at radius 1 is 1.22 bits per heavy atom. The van der Waals surface area contributed by atoms with Gasteiger partial charge < -0.3 is 14.5 Å². The van der Waals surface area contributed by atoms with Crippen molar-refractivity contribution in [2.24, 2.45) is 0 Å². The van der Waals surface area contributed by atoms with Crippen LogP contribution in [0.2, 0.25) is 0 Å². The van der Waals surface area contributed by atoms with Gasteiger partial charge in [-0.15, -0.1) is 10.2 Å². The molecule has 0 spiro atoms. The lowest BCUT2D eigenvalue weighted by Crippen LogP contribution is -2.39. The molecule has 0 saturated carbocycles. The van der Waals surface area contributed by atoms with E-state index in [0.717, 1.165) is 24.8 Å². The molecule has 0 radical (unpaired) electrons. The Balaban J connectivity index is 1.39. The van der Waals surface area contributed by atoms with Crippen LogP contribution in [0.25, 0.3) is 11.5 Å². The molecule has 1 aromatic heterocycles. The maximum Gasteiger partial charge on any atom is 0.261 e. The highest BCUT2D eigenvalue weighted by atomic mass is 16.5. The van der Waals surface area contributed by atoms with E-state index in [9.17, 15) is 4.79 Å². The Hall–Kier alpha value is -3.15. The van der Waals surface area contributed by atoms with Crippen LogP contribution in [0.3, 0.4) is 0 Å². The van der Waals surface area contributed by atoms with Crippen LogP contribution < -0.4 is 10.1 Å². The van der Waals surface area contributed by atoms with Gasteiger partial charge in [-0.3, -0.25) is 4.79 Å². The zero-order valence-electron chi connectivity index (χ0n) is 15.1. The van der Waals surface area contributed by atoms with Crippen molar-refractivity contribution in [3.8, 4) is 17.2 Å². The molecule has 6 heteroatoms. The zero-order chi connectivity index (χ0) is 18.6. The average molecular weight is 363 g/mol. The number of aryl methyl sites for hydroxylation is 1. The van der Waals surface area contributed by atoms with Crippen LogP contribution in [0.1, 0.15) is 36.9 Å². The molecular formula is C21H21N3O3. The van der Waals surface area contributed by atoms with Crippen molar-refractivity contribution in [1.82, 2.24) is 15.5 Å². The molecule has 3 aromatic rings. The van der Waals surface area contributed by atoms with E-state index in [4.69, 9.17) is 9.15 Å². The SMILES string of the molecule is C[C@@H](Oc1ccc(-c2nnco2)cc1)C(=O)N[C@H]1CCCc2ccccc21. The fourth-order valence-electron chi connectivity index (χ4n) is 3.43. The van der Waals surface area contributed by atoms with Gasteiger partial charge in [-0.1, -0.05) is 24.3 Å². The van der Waals surface area contributed by atoms with Gasteiger partial charge in [-0.25, -0.2) is 0 Å². The lowest BCUT2D eigenvalue weighted by Gasteiger charge is -2.27. The third-order valence-electron chi connectivity index (χ3n) is 4.83. The highest BCUT2D eigenvalue weighted by Crippen LogP contribution is 2.29. The number of nitrogens with zero attached hydrogens (tertiary/aromatic N) is 2. The summed E-state index contributed by atoms with van der Waals surface area (Å²) in [5.74, 6) is 0.950. The number of carbonyl (C=O) groups excluding carboxylic acids is 1. The van der Waals surface area contributed by atoms with Gasteiger partial charge in [-0.2, -0.15) is 0 Å². The van der Waals surface area contributed by atoms with Gasteiger partial charge >= 0.3 is 0 Å². The molecule has 1 heterocycles. The summed E-state index contributed by atoms with van der Waals surface area (Å²) in [5.41, 5.74) is 3.34. The van der Waals surface area contributed by atoms with Gasteiger partial charge in [0.05, 0.1) is 6.04 Å². The number of ether oxygens (including phenoxy) is 1. The molecule has 1 N–H and O–H groups in total. The molecular weight excluding hydrogens is 342 g/mol. The molecule has 2 atom stereocenters. The van der Waals surface area contributed by atoms with Gasteiger partial charge in [0.25, 0.3) is 5.91 Å². The third kappa shape index (κ3) is 3.84. The van der Waals surface area contributed by atoms with Crippen molar-refractivity contribution < 1.29 is 13.9 Å². The van der Waals surface area contributed by atoms with Gasteiger partial charge in [0, 0.05) is 5.56 Å². The second-order valence-corrected chi connectivity index (χ2v) is 6.68. The topological polar surface area (TPSA) is 77.2 Å². The van der Waals surface area contributed by atoms with Crippen molar-refractivity contribution in [3.05, 3.63) is 66.1 Å². The summed E-state index contributed by atoms with van der Waals surface area (Å²) in [6.07, 6.45) is 3.80. The summed E-state index contributed by atoms with van der Waals surface area (Å²) in [6, 6.07) is 15.6. The number of benzene rings is 2. The summed E-state index contributed by atoms with van der Waals surface area (Å²) in [5, 5.41) is 10.7. The minimum Gasteiger partial charge on any atom is -0.481 e. The summed E-state index contributed by atoms with van der Waals surface area (Å²) in [4.78, 5) is 12.6. The molecule has 1 aliphatic carbocycles. The van der Waals surface area contributed by atoms with E-state index in [1.165, 1.54) is 17.5 Å². The van der Waals surface area contributed by atoms with Crippen LogP contribution in [-0.4, -0.2) is 22.2 Å². The Bertz CT molecular complexity index is 907. The Morgan fingerprint density at radius 2 is 2.04 bits per heavy atom. The predicted molar refractivity (Wildman–Crippen MR) is 100 cm³/mol. The largest absolute Gasteiger partial charge is 0.481 e. The molecule has 27 heavy (non-hydrogen) atoms.